The number of nitrogens with two attached hydrogens (primary N) is 2. The van der Waals surface area contributed by atoms with E-state index < -0.39 is 11.8 Å². The second kappa shape index (κ2) is 18.9. The standard InChI is InChI=1S/C11H16N2.2C9H10F2N2OS.C5H10N2/c1-9-7-8-11(13-12-9)10-5-3-2-4-6-10;2*1-6(14)2-7-3-15-8(12-7)13-4-9(10,11)5-13;1-5(7)3-2-4-6/h7-8,10H,2-6H2,1H3;2*3H,2,4-5H2,1H3;2-4H,6-7H2,1H3/b;;;4-2-,5-3-. The third-order valence-corrected chi connectivity index (χ3v) is 9.38. The summed E-state index contributed by atoms with van der Waals surface area (Å²) in [6.07, 6.45) is 12.2. The fourth-order valence-corrected chi connectivity index (χ4v) is 6.73. The van der Waals surface area contributed by atoms with E-state index >= 15 is 0 Å². The van der Waals surface area contributed by atoms with Crippen molar-refractivity contribution in [2.45, 2.75) is 90.4 Å². The Morgan fingerprint density at radius 2 is 1.32 bits per heavy atom. The van der Waals surface area contributed by atoms with E-state index in [-0.39, 0.29) is 50.6 Å². The van der Waals surface area contributed by atoms with Crippen LogP contribution in [0.4, 0.5) is 27.8 Å². The summed E-state index contributed by atoms with van der Waals surface area (Å²) >= 11 is 2.61. The molecule has 0 unspecified atom stereocenters. The number of aryl methyl sites for hydroxylation is 1. The van der Waals surface area contributed by atoms with Gasteiger partial charge in [0, 0.05) is 35.2 Å². The molecule has 5 heterocycles. The average Bonchev–Trinajstić information content (AvgIpc) is 3.68. The molecule has 50 heavy (non-hydrogen) atoms. The zero-order chi connectivity index (χ0) is 36.9. The van der Waals surface area contributed by atoms with Crippen LogP contribution in [0, 0.1) is 6.92 Å². The summed E-state index contributed by atoms with van der Waals surface area (Å²) in [6, 6.07) is 4.20. The number of aromatic nitrogens is 4. The fourth-order valence-electron chi connectivity index (χ4n) is 5.08. The number of alkyl halides is 4. The summed E-state index contributed by atoms with van der Waals surface area (Å²) in [6.45, 7) is 5.70. The van der Waals surface area contributed by atoms with Crippen LogP contribution < -0.4 is 21.3 Å². The van der Waals surface area contributed by atoms with E-state index in [0.29, 0.717) is 27.6 Å². The minimum atomic E-state index is -2.58. The summed E-state index contributed by atoms with van der Waals surface area (Å²) in [5.41, 5.74) is 14.5. The van der Waals surface area contributed by atoms with E-state index in [2.05, 4.69) is 32.3 Å². The van der Waals surface area contributed by atoms with Crippen LogP contribution in [0.5, 0.6) is 0 Å². The zero-order valence-corrected chi connectivity index (χ0v) is 30.5. The number of Topliss-reactive ketones (excluding diaryl/α,β-unsaturated/α-hetero) is 2. The molecular weight excluding hydrogens is 693 g/mol. The number of halogens is 4. The maximum absolute atomic E-state index is 12.6. The minimum absolute atomic E-state index is 0.0285. The average molecular weight is 739 g/mol. The number of nitrogens with zero attached hydrogens (tertiary/aromatic N) is 6. The molecule has 3 aliphatic rings. The molecule has 0 atom stereocenters. The Hall–Kier alpha value is -3.92. The summed E-state index contributed by atoms with van der Waals surface area (Å²) in [5.74, 6) is -4.41. The van der Waals surface area contributed by atoms with Crippen molar-refractivity contribution in [2.75, 3.05) is 36.0 Å². The molecule has 0 radical (unpaired) electrons. The Labute approximate surface area is 298 Å². The molecule has 4 N–H and O–H groups in total. The first-order valence-corrected chi connectivity index (χ1v) is 18.1. The van der Waals surface area contributed by atoms with Gasteiger partial charge in [-0.2, -0.15) is 10.2 Å². The van der Waals surface area contributed by atoms with Gasteiger partial charge in [-0.25, -0.2) is 27.5 Å². The second-order valence-corrected chi connectivity index (χ2v) is 14.3. The van der Waals surface area contributed by atoms with Crippen molar-refractivity contribution in [3.63, 3.8) is 0 Å². The molecule has 1 aliphatic carbocycles. The summed E-state index contributed by atoms with van der Waals surface area (Å²) in [5, 5.41) is 13.0. The lowest BCUT2D eigenvalue weighted by molar-refractivity contribution is -0.117. The number of hydrogen-bond acceptors (Lipinski definition) is 12. The van der Waals surface area contributed by atoms with Crippen LogP contribution in [0.1, 0.15) is 81.6 Å². The lowest BCUT2D eigenvalue weighted by Gasteiger charge is -2.38. The van der Waals surface area contributed by atoms with E-state index in [9.17, 15) is 27.2 Å². The third-order valence-electron chi connectivity index (χ3n) is 7.48. The van der Waals surface area contributed by atoms with Crippen LogP contribution in [0.15, 0.2) is 46.9 Å². The van der Waals surface area contributed by atoms with Crippen LogP contribution in [-0.2, 0) is 22.4 Å². The van der Waals surface area contributed by atoms with E-state index in [4.69, 9.17) is 11.5 Å². The number of rotatable bonds is 8. The highest BCUT2D eigenvalue weighted by atomic mass is 32.1. The molecule has 0 spiro atoms. The predicted octanol–water partition coefficient (Wildman–Crippen LogP) is 6.61. The van der Waals surface area contributed by atoms with Crippen molar-refractivity contribution in [2.24, 2.45) is 11.5 Å². The minimum Gasteiger partial charge on any atom is -0.405 e. The van der Waals surface area contributed by atoms with Gasteiger partial charge in [0.1, 0.15) is 11.6 Å². The number of carbonyl (C=O) groups is 2. The summed E-state index contributed by atoms with van der Waals surface area (Å²) < 4.78 is 50.3. The lowest BCUT2D eigenvalue weighted by Crippen LogP contribution is -2.56. The molecule has 16 heteroatoms. The first-order valence-electron chi connectivity index (χ1n) is 16.3. The Bertz CT molecular complexity index is 1490. The molecule has 0 amide bonds. The molecule has 0 aromatic carbocycles. The summed E-state index contributed by atoms with van der Waals surface area (Å²) in [4.78, 5) is 32.9. The van der Waals surface area contributed by atoms with Crippen LogP contribution in [0.2, 0.25) is 0 Å². The van der Waals surface area contributed by atoms with Gasteiger partial charge in [0.2, 0.25) is 0 Å². The Balaban J connectivity index is 0.000000186. The van der Waals surface area contributed by atoms with E-state index in [1.54, 1.807) is 29.8 Å². The SMILES string of the molecule is C/C(N)=C/C=C\N.CC(=O)Cc1csc(N2CC(F)(F)C2)n1.CC(=O)Cc1csc(N2CC(F)(F)C2)n1.Cc1ccc(C2CCCCC2)nn1. The molecule has 1 saturated carbocycles. The van der Waals surface area contributed by atoms with E-state index in [0.717, 1.165) is 11.4 Å². The number of allylic oxidation sites excluding steroid dienone is 3. The first-order chi connectivity index (χ1) is 23.6. The molecule has 10 nitrogen and oxygen atoms in total. The zero-order valence-electron chi connectivity index (χ0n) is 28.9. The van der Waals surface area contributed by atoms with Crippen molar-refractivity contribution < 1.29 is 27.2 Å². The van der Waals surface area contributed by atoms with Crippen LogP contribution in [0.3, 0.4) is 0 Å². The molecule has 3 aromatic rings. The van der Waals surface area contributed by atoms with Crippen molar-refractivity contribution in [1.29, 1.82) is 0 Å². The Morgan fingerprint density at radius 1 is 0.840 bits per heavy atom. The van der Waals surface area contributed by atoms with Crippen molar-refractivity contribution in [1.82, 2.24) is 20.2 Å². The second-order valence-electron chi connectivity index (χ2n) is 12.7. The highest BCUT2D eigenvalue weighted by molar-refractivity contribution is 7.14. The van der Waals surface area contributed by atoms with Crippen LogP contribution in [0.25, 0.3) is 0 Å². The third kappa shape index (κ3) is 14.1. The highest BCUT2D eigenvalue weighted by Crippen LogP contribution is 2.35. The Morgan fingerprint density at radius 3 is 1.66 bits per heavy atom. The molecule has 2 saturated heterocycles. The number of thiazole rings is 2. The molecule has 2 aliphatic heterocycles. The number of hydrogen-bond donors (Lipinski definition) is 2. The smallest absolute Gasteiger partial charge is 0.282 e. The molecular formula is C34H46F4N8O2S2. The lowest BCUT2D eigenvalue weighted by atomic mass is 9.87. The molecule has 274 valence electrons. The molecule has 3 aromatic heterocycles. The van der Waals surface area contributed by atoms with Gasteiger partial charge >= 0.3 is 0 Å². The Kier molecular flexibility index (Phi) is 15.3. The molecule has 6 rings (SSSR count). The van der Waals surface area contributed by atoms with Crippen LogP contribution >= 0.6 is 22.7 Å². The van der Waals surface area contributed by atoms with Crippen molar-refractivity contribution >= 4 is 44.5 Å². The van der Waals surface area contributed by atoms with Gasteiger partial charge in [-0.15, -0.1) is 22.7 Å². The predicted molar refractivity (Wildman–Crippen MR) is 191 cm³/mol. The maximum atomic E-state index is 12.6. The van der Waals surface area contributed by atoms with Gasteiger partial charge < -0.3 is 21.3 Å². The van der Waals surface area contributed by atoms with Crippen molar-refractivity contribution in [3.8, 4) is 0 Å². The molecule has 0 bridgehead atoms. The number of ketones is 2. The maximum Gasteiger partial charge on any atom is 0.282 e. The largest absolute Gasteiger partial charge is 0.405 e. The van der Waals surface area contributed by atoms with E-state index in [1.165, 1.54) is 90.3 Å². The van der Waals surface area contributed by atoms with Gasteiger partial charge in [0.15, 0.2) is 10.3 Å². The van der Waals surface area contributed by atoms with Gasteiger partial charge in [0.25, 0.3) is 11.8 Å². The van der Waals surface area contributed by atoms with Gasteiger partial charge in [-0.3, -0.25) is 9.59 Å². The summed E-state index contributed by atoms with van der Waals surface area (Å²) in [7, 11) is 0. The van der Waals surface area contributed by atoms with Crippen molar-refractivity contribution in [3.05, 3.63) is 69.7 Å². The normalized spacial score (nSPS) is 18.0. The van der Waals surface area contributed by atoms with Gasteiger partial charge in [0.05, 0.1) is 49.0 Å². The van der Waals surface area contributed by atoms with Gasteiger partial charge in [-0.05, 0) is 71.0 Å². The first kappa shape index (κ1) is 40.5. The number of carbonyl (C=O) groups excluding carboxylic acids is 2. The molecule has 3 fully saturated rings. The quantitative estimate of drug-likeness (QED) is 0.191. The fraction of sp³-hybridized carbons (Fsp3) is 0.529. The number of anilines is 2. The highest BCUT2D eigenvalue weighted by Gasteiger charge is 2.45. The van der Waals surface area contributed by atoms with Crippen LogP contribution in [-0.4, -0.2) is 69.8 Å². The monoisotopic (exact) mass is 738 g/mol. The van der Waals surface area contributed by atoms with E-state index in [1.807, 2.05) is 6.92 Å². The van der Waals surface area contributed by atoms with Gasteiger partial charge in [-0.1, -0.05) is 19.3 Å². The topological polar surface area (TPSA) is 144 Å².